The molecule has 1 aliphatic rings. The van der Waals surface area contributed by atoms with Crippen molar-refractivity contribution in [3.05, 3.63) is 53.9 Å². The van der Waals surface area contributed by atoms with Crippen LogP contribution in [0.3, 0.4) is 0 Å². The number of aromatic nitrogens is 2. The van der Waals surface area contributed by atoms with Gasteiger partial charge in [0.05, 0.1) is 18.4 Å². The third-order valence-corrected chi connectivity index (χ3v) is 4.02. The largest absolute Gasteiger partial charge is 0.459 e. The number of anilines is 1. The van der Waals surface area contributed by atoms with E-state index in [2.05, 4.69) is 9.97 Å². The second-order valence-corrected chi connectivity index (χ2v) is 5.48. The molecule has 0 saturated carbocycles. The molecule has 1 amide bonds. The van der Waals surface area contributed by atoms with Gasteiger partial charge >= 0.3 is 0 Å². The van der Waals surface area contributed by atoms with Gasteiger partial charge in [-0.1, -0.05) is 0 Å². The van der Waals surface area contributed by atoms with Crippen molar-refractivity contribution in [2.24, 2.45) is 0 Å². The van der Waals surface area contributed by atoms with E-state index in [-0.39, 0.29) is 12.3 Å². The van der Waals surface area contributed by atoms with Gasteiger partial charge in [0.25, 0.3) is 5.89 Å². The first-order valence-corrected chi connectivity index (χ1v) is 7.46. The van der Waals surface area contributed by atoms with Gasteiger partial charge in [0, 0.05) is 24.6 Å². The molecule has 1 aliphatic heterocycles. The van der Waals surface area contributed by atoms with Gasteiger partial charge in [-0.15, -0.1) is 0 Å². The fourth-order valence-electron chi connectivity index (χ4n) is 2.82. The molecule has 3 aromatic heterocycles. The molecule has 6 heteroatoms. The number of carbonyl (C=O) groups is 1. The van der Waals surface area contributed by atoms with E-state index in [4.69, 9.17) is 8.83 Å². The van der Waals surface area contributed by atoms with E-state index < -0.39 is 0 Å². The molecule has 0 aliphatic carbocycles. The summed E-state index contributed by atoms with van der Waals surface area (Å²) in [6.45, 7) is 2.49. The SMILES string of the molecule is Cc1oc(-c2ccco2)nc1CC(=O)N1CCc2cnccc21. The molecule has 23 heavy (non-hydrogen) atoms. The topological polar surface area (TPSA) is 72.4 Å². The van der Waals surface area contributed by atoms with Crippen LogP contribution in [0.2, 0.25) is 0 Å². The Bertz CT molecular complexity index is 852. The lowest BCUT2D eigenvalue weighted by molar-refractivity contribution is -0.117. The summed E-state index contributed by atoms with van der Waals surface area (Å²) in [4.78, 5) is 22.9. The Labute approximate surface area is 132 Å². The molecule has 0 radical (unpaired) electrons. The third kappa shape index (κ3) is 2.42. The Morgan fingerprint density at radius 1 is 1.39 bits per heavy atom. The number of rotatable bonds is 3. The predicted octanol–water partition coefficient (Wildman–Crippen LogP) is 2.77. The van der Waals surface area contributed by atoms with Gasteiger partial charge in [-0.2, -0.15) is 0 Å². The van der Waals surface area contributed by atoms with E-state index >= 15 is 0 Å². The van der Waals surface area contributed by atoms with Crippen LogP contribution in [0.5, 0.6) is 0 Å². The Hall–Kier alpha value is -2.89. The molecule has 0 N–H and O–H groups in total. The fraction of sp³-hybridized carbons (Fsp3) is 0.235. The number of hydrogen-bond acceptors (Lipinski definition) is 5. The quantitative estimate of drug-likeness (QED) is 0.744. The first-order chi connectivity index (χ1) is 11.2. The van der Waals surface area contributed by atoms with Gasteiger partial charge in [-0.25, -0.2) is 4.98 Å². The minimum atomic E-state index is 0.0114. The number of furan rings is 1. The number of pyridine rings is 1. The van der Waals surface area contributed by atoms with E-state index in [1.54, 1.807) is 29.5 Å². The molecule has 0 aromatic carbocycles. The molecule has 0 bridgehead atoms. The van der Waals surface area contributed by atoms with E-state index in [1.165, 1.54) is 0 Å². The van der Waals surface area contributed by atoms with Gasteiger partial charge in [-0.05, 0) is 37.1 Å². The summed E-state index contributed by atoms with van der Waals surface area (Å²) >= 11 is 0. The van der Waals surface area contributed by atoms with Gasteiger partial charge in [-0.3, -0.25) is 9.78 Å². The zero-order valence-corrected chi connectivity index (χ0v) is 12.7. The average molecular weight is 309 g/mol. The Kier molecular flexibility index (Phi) is 3.22. The summed E-state index contributed by atoms with van der Waals surface area (Å²) in [5.41, 5.74) is 2.69. The van der Waals surface area contributed by atoms with Crippen molar-refractivity contribution in [2.45, 2.75) is 19.8 Å². The summed E-state index contributed by atoms with van der Waals surface area (Å²) in [5.74, 6) is 1.61. The number of carbonyl (C=O) groups excluding carboxylic acids is 1. The van der Waals surface area contributed by atoms with Gasteiger partial charge in [0.1, 0.15) is 5.76 Å². The molecule has 0 saturated heterocycles. The van der Waals surface area contributed by atoms with E-state index in [9.17, 15) is 4.79 Å². The predicted molar refractivity (Wildman–Crippen MR) is 82.9 cm³/mol. The van der Waals surface area contributed by atoms with Crippen molar-refractivity contribution in [2.75, 3.05) is 11.4 Å². The molecular weight excluding hydrogens is 294 g/mol. The van der Waals surface area contributed by atoms with Crippen LogP contribution in [0.25, 0.3) is 11.7 Å². The molecule has 0 unspecified atom stereocenters. The zero-order chi connectivity index (χ0) is 15.8. The molecule has 4 heterocycles. The first kappa shape index (κ1) is 13.8. The van der Waals surface area contributed by atoms with Gasteiger partial charge < -0.3 is 13.7 Å². The monoisotopic (exact) mass is 309 g/mol. The number of aryl methyl sites for hydroxylation is 1. The van der Waals surface area contributed by atoms with Crippen LogP contribution in [-0.4, -0.2) is 22.4 Å². The van der Waals surface area contributed by atoms with E-state index in [0.717, 1.165) is 17.7 Å². The van der Waals surface area contributed by atoms with E-state index in [0.29, 0.717) is 29.6 Å². The van der Waals surface area contributed by atoms with Crippen LogP contribution >= 0.6 is 0 Å². The number of nitrogens with zero attached hydrogens (tertiary/aromatic N) is 3. The molecule has 116 valence electrons. The summed E-state index contributed by atoms with van der Waals surface area (Å²) in [6.07, 6.45) is 6.14. The lowest BCUT2D eigenvalue weighted by Gasteiger charge is -2.16. The van der Waals surface area contributed by atoms with Crippen molar-refractivity contribution in [3.63, 3.8) is 0 Å². The maximum Gasteiger partial charge on any atom is 0.263 e. The highest BCUT2D eigenvalue weighted by atomic mass is 16.4. The second-order valence-electron chi connectivity index (χ2n) is 5.48. The summed E-state index contributed by atoms with van der Waals surface area (Å²) in [7, 11) is 0. The third-order valence-electron chi connectivity index (χ3n) is 4.02. The van der Waals surface area contributed by atoms with Crippen molar-refractivity contribution >= 4 is 11.6 Å². The highest BCUT2D eigenvalue weighted by Gasteiger charge is 2.26. The van der Waals surface area contributed by atoms with Crippen LogP contribution in [0.1, 0.15) is 17.0 Å². The first-order valence-electron chi connectivity index (χ1n) is 7.46. The number of oxazole rings is 1. The smallest absolute Gasteiger partial charge is 0.263 e. The fourth-order valence-corrected chi connectivity index (χ4v) is 2.82. The molecule has 0 spiro atoms. The number of hydrogen-bond donors (Lipinski definition) is 0. The standard InChI is InChI=1S/C17H15N3O3/c1-11-13(19-17(23-11)15-3-2-8-22-15)9-16(21)20-7-5-12-10-18-6-4-14(12)20/h2-4,6,8,10H,5,7,9H2,1H3. The minimum Gasteiger partial charge on any atom is -0.459 e. The van der Waals surface area contributed by atoms with Gasteiger partial charge in [0.2, 0.25) is 5.91 Å². The van der Waals surface area contributed by atoms with Crippen LogP contribution < -0.4 is 4.90 Å². The maximum absolute atomic E-state index is 12.6. The molecule has 3 aromatic rings. The molecule has 0 atom stereocenters. The molecule has 6 nitrogen and oxygen atoms in total. The van der Waals surface area contributed by atoms with E-state index in [1.807, 2.05) is 19.2 Å². The molecule has 0 fully saturated rings. The normalized spacial score (nSPS) is 13.3. The minimum absolute atomic E-state index is 0.0114. The Morgan fingerprint density at radius 2 is 2.30 bits per heavy atom. The highest BCUT2D eigenvalue weighted by Crippen LogP contribution is 2.28. The van der Waals surface area contributed by atoms with Crippen molar-refractivity contribution in [3.8, 4) is 11.7 Å². The number of fused-ring (bicyclic) bond motifs is 1. The zero-order valence-electron chi connectivity index (χ0n) is 12.7. The van der Waals surface area contributed by atoms with Crippen molar-refractivity contribution in [1.29, 1.82) is 0 Å². The summed E-state index contributed by atoms with van der Waals surface area (Å²) < 4.78 is 10.9. The molecule has 4 rings (SSSR count). The number of amides is 1. The van der Waals surface area contributed by atoms with Crippen molar-refractivity contribution in [1.82, 2.24) is 9.97 Å². The van der Waals surface area contributed by atoms with Crippen LogP contribution in [-0.2, 0) is 17.6 Å². The van der Waals surface area contributed by atoms with Crippen LogP contribution in [0, 0.1) is 6.92 Å². The lowest BCUT2D eigenvalue weighted by atomic mass is 10.2. The summed E-state index contributed by atoms with van der Waals surface area (Å²) in [6, 6.07) is 5.43. The average Bonchev–Trinajstić information content (AvgIpc) is 3.27. The van der Waals surface area contributed by atoms with Crippen molar-refractivity contribution < 1.29 is 13.6 Å². The lowest BCUT2D eigenvalue weighted by Crippen LogP contribution is -2.30. The Balaban J connectivity index is 1.56. The van der Waals surface area contributed by atoms with Crippen LogP contribution in [0.4, 0.5) is 5.69 Å². The highest BCUT2D eigenvalue weighted by molar-refractivity contribution is 5.96. The Morgan fingerprint density at radius 3 is 3.13 bits per heavy atom. The van der Waals surface area contributed by atoms with Crippen LogP contribution in [0.15, 0.2) is 45.7 Å². The summed E-state index contributed by atoms with van der Waals surface area (Å²) in [5, 5.41) is 0. The maximum atomic E-state index is 12.6. The second kappa shape index (κ2) is 5.39. The van der Waals surface area contributed by atoms with Gasteiger partial charge in [0.15, 0.2) is 5.76 Å². The molecular formula is C17H15N3O3.